The summed E-state index contributed by atoms with van der Waals surface area (Å²) in [5.41, 5.74) is 0.505. The third-order valence-electron chi connectivity index (χ3n) is 5.15. The molecule has 5 nitrogen and oxygen atoms in total. The summed E-state index contributed by atoms with van der Waals surface area (Å²) in [6, 6.07) is 8.35. The molecule has 0 aromatic heterocycles. The topological polar surface area (TPSA) is 53.0 Å². The molecule has 2 unspecified atom stereocenters. The lowest BCUT2D eigenvalue weighted by Crippen LogP contribution is -2.58. The van der Waals surface area contributed by atoms with Gasteiger partial charge in [-0.3, -0.25) is 4.99 Å². The van der Waals surface area contributed by atoms with Crippen molar-refractivity contribution >= 4 is 39.7 Å². The predicted molar refractivity (Wildman–Crippen MR) is 112 cm³/mol. The maximum absolute atomic E-state index is 13.1. The van der Waals surface area contributed by atoms with Crippen LogP contribution in [0.1, 0.15) is 19.4 Å². The van der Waals surface area contributed by atoms with Crippen LogP contribution in [-0.2, 0) is 16.2 Å². The van der Waals surface area contributed by atoms with E-state index in [0.717, 1.165) is 30.0 Å². The van der Waals surface area contributed by atoms with Gasteiger partial charge in [-0.05, 0) is 63.0 Å². The minimum atomic E-state index is -4.52. The van der Waals surface area contributed by atoms with Crippen LogP contribution in [0.5, 0.6) is 0 Å². The lowest BCUT2D eigenvalue weighted by molar-refractivity contribution is -0.137. The van der Waals surface area contributed by atoms with E-state index in [1.165, 1.54) is 4.31 Å². The Kier molecular flexibility index (Phi) is 6.18. The summed E-state index contributed by atoms with van der Waals surface area (Å²) >= 11 is 6.21. The lowest BCUT2D eigenvalue weighted by atomic mass is 10.1. The maximum Gasteiger partial charge on any atom is 0.416 e. The van der Waals surface area contributed by atoms with Crippen LogP contribution in [0.3, 0.4) is 0 Å². The zero-order valence-electron chi connectivity index (χ0n) is 16.4. The average molecular weight is 460 g/mol. The molecule has 0 radical (unpaired) electrons. The van der Waals surface area contributed by atoms with Crippen LogP contribution in [0.15, 0.2) is 52.4 Å². The van der Waals surface area contributed by atoms with Gasteiger partial charge in [0.05, 0.1) is 21.2 Å². The van der Waals surface area contributed by atoms with E-state index in [0.29, 0.717) is 17.3 Å². The number of hydrogen-bond acceptors (Lipinski definition) is 4. The van der Waals surface area contributed by atoms with Crippen LogP contribution < -0.4 is 4.90 Å². The first kappa shape index (κ1) is 22.6. The number of halogens is 4. The minimum Gasteiger partial charge on any atom is -0.366 e. The molecule has 1 saturated heterocycles. The molecule has 1 fully saturated rings. The van der Waals surface area contributed by atoms with E-state index in [1.807, 2.05) is 17.9 Å². The highest BCUT2D eigenvalue weighted by Crippen LogP contribution is 2.34. The van der Waals surface area contributed by atoms with Gasteiger partial charge in [-0.25, -0.2) is 8.42 Å². The molecular weight excluding hydrogens is 439 g/mol. The number of nitrogens with zero attached hydrogens (tertiary/aromatic N) is 3. The van der Waals surface area contributed by atoms with Gasteiger partial charge < -0.3 is 4.90 Å². The van der Waals surface area contributed by atoms with Crippen LogP contribution in [-0.4, -0.2) is 44.6 Å². The highest BCUT2D eigenvalue weighted by molar-refractivity contribution is 7.89. The van der Waals surface area contributed by atoms with Crippen molar-refractivity contribution in [3.05, 3.63) is 53.1 Å². The standard InChI is InChI=1S/C20H21ClF3N3O2S/c1-13-12-27(30(28,29)17-7-4-15(5-8-17)20(22,23)24)14(2)11-26(13)16-6-9-19(25-3)18(21)10-16/h4-10,13-14H,3,11-12H2,1-2H3. The van der Waals surface area contributed by atoms with Gasteiger partial charge in [0.1, 0.15) is 0 Å². The molecule has 1 aliphatic heterocycles. The molecule has 10 heteroatoms. The first-order chi connectivity index (χ1) is 13.9. The van der Waals surface area contributed by atoms with Crippen LogP contribution in [0.2, 0.25) is 5.02 Å². The fraction of sp³-hybridized carbons (Fsp3) is 0.350. The van der Waals surface area contributed by atoms with E-state index < -0.39 is 27.8 Å². The summed E-state index contributed by atoms with van der Waals surface area (Å²) in [7, 11) is -3.94. The summed E-state index contributed by atoms with van der Waals surface area (Å²) in [6.07, 6.45) is -4.52. The molecule has 0 N–H and O–H groups in total. The summed E-state index contributed by atoms with van der Waals surface area (Å²) in [6.45, 7) is 7.70. The average Bonchev–Trinajstić information content (AvgIpc) is 2.68. The Morgan fingerprint density at radius 2 is 1.70 bits per heavy atom. The number of anilines is 1. The SMILES string of the molecule is C=Nc1ccc(N2CC(C)N(S(=O)(=O)c3ccc(C(F)(F)F)cc3)CC2C)cc1Cl. The van der Waals surface area contributed by atoms with Crippen molar-refractivity contribution in [1.82, 2.24) is 4.31 Å². The Hall–Kier alpha value is -2.10. The minimum absolute atomic E-state index is 0.160. The van der Waals surface area contributed by atoms with Crippen molar-refractivity contribution < 1.29 is 21.6 Å². The van der Waals surface area contributed by atoms with Crippen LogP contribution in [0.4, 0.5) is 24.5 Å². The zero-order chi connectivity index (χ0) is 22.3. The Labute approximate surface area is 178 Å². The van der Waals surface area contributed by atoms with Crippen molar-refractivity contribution in [2.45, 2.75) is 37.0 Å². The smallest absolute Gasteiger partial charge is 0.366 e. The highest BCUT2D eigenvalue weighted by atomic mass is 35.5. The summed E-state index contributed by atoms with van der Waals surface area (Å²) in [5, 5.41) is 0.446. The molecule has 2 aromatic carbocycles. The molecule has 1 aliphatic rings. The number of rotatable bonds is 4. The monoisotopic (exact) mass is 459 g/mol. The first-order valence-corrected chi connectivity index (χ1v) is 11.0. The van der Waals surface area contributed by atoms with Crippen LogP contribution in [0.25, 0.3) is 0 Å². The Morgan fingerprint density at radius 1 is 1.07 bits per heavy atom. The Morgan fingerprint density at radius 3 is 2.23 bits per heavy atom. The molecular formula is C20H21ClF3N3O2S. The molecule has 1 heterocycles. The Balaban J connectivity index is 1.84. The van der Waals surface area contributed by atoms with Crippen LogP contribution >= 0.6 is 11.6 Å². The molecule has 0 spiro atoms. The van der Waals surface area contributed by atoms with Gasteiger partial charge in [0.25, 0.3) is 0 Å². The second-order valence-corrected chi connectivity index (χ2v) is 9.54. The molecule has 0 saturated carbocycles. The van der Waals surface area contributed by atoms with Gasteiger partial charge in [-0.15, -0.1) is 0 Å². The number of hydrogen-bond donors (Lipinski definition) is 0. The van der Waals surface area contributed by atoms with Gasteiger partial charge in [-0.1, -0.05) is 11.6 Å². The largest absolute Gasteiger partial charge is 0.416 e. The molecule has 0 amide bonds. The fourth-order valence-electron chi connectivity index (χ4n) is 3.54. The molecule has 30 heavy (non-hydrogen) atoms. The van der Waals surface area contributed by atoms with Gasteiger partial charge in [0, 0.05) is 30.9 Å². The summed E-state index contributed by atoms with van der Waals surface area (Å²) in [4.78, 5) is 5.72. The third-order valence-corrected chi connectivity index (χ3v) is 7.45. The van der Waals surface area contributed by atoms with Crippen molar-refractivity contribution in [2.75, 3.05) is 18.0 Å². The number of aliphatic imine (C=N–C) groups is 1. The van der Waals surface area contributed by atoms with E-state index in [1.54, 1.807) is 19.1 Å². The fourth-order valence-corrected chi connectivity index (χ4v) is 5.48. The molecule has 0 aliphatic carbocycles. The quantitative estimate of drug-likeness (QED) is 0.606. The molecule has 162 valence electrons. The summed E-state index contributed by atoms with van der Waals surface area (Å²) in [5.74, 6) is 0. The highest BCUT2D eigenvalue weighted by Gasteiger charge is 2.38. The van der Waals surface area contributed by atoms with E-state index in [-0.39, 0.29) is 17.5 Å². The third kappa shape index (κ3) is 4.33. The van der Waals surface area contributed by atoms with Crippen molar-refractivity contribution in [2.24, 2.45) is 4.99 Å². The molecule has 0 bridgehead atoms. The van der Waals surface area contributed by atoms with Crippen molar-refractivity contribution in [3.8, 4) is 0 Å². The van der Waals surface area contributed by atoms with Crippen molar-refractivity contribution in [3.63, 3.8) is 0 Å². The zero-order valence-corrected chi connectivity index (χ0v) is 18.0. The van der Waals surface area contributed by atoms with E-state index in [2.05, 4.69) is 11.7 Å². The van der Waals surface area contributed by atoms with E-state index >= 15 is 0 Å². The van der Waals surface area contributed by atoms with Crippen LogP contribution in [0, 0.1) is 0 Å². The van der Waals surface area contributed by atoms with Gasteiger partial charge >= 0.3 is 6.18 Å². The number of benzene rings is 2. The maximum atomic E-state index is 13.1. The molecule has 2 aromatic rings. The van der Waals surface area contributed by atoms with E-state index in [4.69, 9.17) is 11.6 Å². The van der Waals surface area contributed by atoms with Crippen molar-refractivity contribution in [1.29, 1.82) is 0 Å². The van der Waals surface area contributed by atoms with Gasteiger partial charge in [0.15, 0.2) is 0 Å². The Bertz CT molecular complexity index is 1040. The lowest BCUT2D eigenvalue weighted by Gasteiger charge is -2.44. The number of sulfonamides is 1. The predicted octanol–water partition coefficient (Wildman–Crippen LogP) is 4.98. The molecule has 2 atom stereocenters. The first-order valence-electron chi connectivity index (χ1n) is 9.17. The number of piperazine rings is 1. The normalized spacial score (nSPS) is 20.9. The van der Waals surface area contributed by atoms with Gasteiger partial charge in [0.2, 0.25) is 10.0 Å². The van der Waals surface area contributed by atoms with Gasteiger partial charge in [-0.2, -0.15) is 17.5 Å². The number of alkyl halides is 3. The van der Waals surface area contributed by atoms with E-state index in [9.17, 15) is 21.6 Å². The second-order valence-electron chi connectivity index (χ2n) is 7.24. The summed E-state index contributed by atoms with van der Waals surface area (Å²) < 4.78 is 65.8. The second kappa shape index (κ2) is 8.20. The molecule has 3 rings (SSSR count).